The quantitative estimate of drug-likeness (QED) is 0.240. The standard InChI is InChI=1S/C26H23N5O6S3/c1-15-3-9-19(10-4-15)40(34,35)37-12-11-16-13-39-26(28-16)29-24(32)22-20-14-38-23(27)21(20)25(33)31(30-22)17-5-7-18(36-2)8-6-17/h3-10,13-14H,11-12,27H2,1-2H3,(H,28,29,32). The number of anilines is 2. The van der Waals surface area contributed by atoms with Gasteiger partial charge in [-0.15, -0.1) is 22.7 Å². The van der Waals surface area contributed by atoms with Crippen LogP contribution in [0.1, 0.15) is 21.7 Å². The number of nitrogens with two attached hydrogens (primary N) is 1. The molecule has 0 atom stereocenters. The highest BCUT2D eigenvalue weighted by Gasteiger charge is 2.22. The van der Waals surface area contributed by atoms with E-state index in [0.717, 1.165) is 21.6 Å². The van der Waals surface area contributed by atoms with Gasteiger partial charge in [0.1, 0.15) is 5.75 Å². The molecule has 0 fully saturated rings. The van der Waals surface area contributed by atoms with Crippen LogP contribution in [0.25, 0.3) is 16.5 Å². The van der Waals surface area contributed by atoms with E-state index < -0.39 is 21.6 Å². The second-order valence-corrected chi connectivity index (χ2v) is 12.0. The number of carbonyl (C=O) groups is 1. The minimum Gasteiger partial charge on any atom is -0.497 e. The van der Waals surface area contributed by atoms with Gasteiger partial charge in [0.2, 0.25) is 0 Å². The maximum absolute atomic E-state index is 13.3. The number of aromatic nitrogens is 3. The number of thiophene rings is 1. The second-order valence-electron chi connectivity index (χ2n) is 8.59. The smallest absolute Gasteiger partial charge is 0.296 e. The topological polar surface area (TPSA) is 156 Å². The predicted octanol–water partition coefficient (Wildman–Crippen LogP) is 4.00. The van der Waals surface area contributed by atoms with Crippen LogP contribution in [0.3, 0.4) is 0 Å². The molecule has 0 aliphatic heterocycles. The highest BCUT2D eigenvalue weighted by Crippen LogP contribution is 2.28. The zero-order valence-corrected chi connectivity index (χ0v) is 23.7. The predicted molar refractivity (Wildman–Crippen MR) is 154 cm³/mol. The Kier molecular flexibility index (Phi) is 7.67. The lowest BCUT2D eigenvalue weighted by Gasteiger charge is -2.10. The van der Waals surface area contributed by atoms with E-state index in [0.29, 0.717) is 22.5 Å². The average molecular weight is 598 g/mol. The van der Waals surface area contributed by atoms with Crippen molar-refractivity contribution >= 4 is 59.6 Å². The highest BCUT2D eigenvalue weighted by molar-refractivity contribution is 7.86. The first-order valence-corrected chi connectivity index (χ1v) is 15.0. The Labute approximate surface area is 237 Å². The number of nitrogens with zero attached hydrogens (tertiary/aromatic N) is 3. The summed E-state index contributed by atoms with van der Waals surface area (Å²) in [5, 5.41) is 11.5. The van der Waals surface area contributed by atoms with Gasteiger partial charge in [-0.05, 0) is 43.3 Å². The van der Waals surface area contributed by atoms with E-state index in [2.05, 4.69) is 15.4 Å². The number of rotatable bonds is 9. The average Bonchev–Trinajstić information content (AvgIpc) is 3.55. The first-order valence-electron chi connectivity index (χ1n) is 11.8. The molecule has 0 aliphatic carbocycles. The molecule has 1 amide bonds. The molecule has 0 unspecified atom stereocenters. The third-order valence-corrected chi connectivity index (χ3v) is 8.84. The van der Waals surface area contributed by atoms with Crippen LogP contribution in [0.4, 0.5) is 10.1 Å². The summed E-state index contributed by atoms with van der Waals surface area (Å²) in [5.41, 5.74) is 7.54. The molecule has 0 aliphatic rings. The molecular formula is C26H23N5O6S3. The van der Waals surface area contributed by atoms with Crippen molar-refractivity contribution in [2.24, 2.45) is 0 Å². The number of hydrogen-bond donors (Lipinski definition) is 2. The zero-order valence-electron chi connectivity index (χ0n) is 21.3. The van der Waals surface area contributed by atoms with E-state index in [1.807, 2.05) is 6.92 Å². The molecule has 3 heterocycles. The molecule has 14 heteroatoms. The molecule has 40 heavy (non-hydrogen) atoms. The maximum Gasteiger partial charge on any atom is 0.296 e. The van der Waals surface area contributed by atoms with Crippen molar-refractivity contribution in [1.29, 1.82) is 0 Å². The number of thiazole rings is 1. The lowest BCUT2D eigenvalue weighted by Crippen LogP contribution is -2.26. The van der Waals surface area contributed by atoms with Gasteiger partial charge in [-0.3, -0.25) is 19.1 Å². The fourth-order valence-electron chi connectivity index (χ4n) is 3.80. The molecule has 0 spiro atoms. The van der Waals surface area contributed by atoms with Crippen molar-refractivity contribution in [3.05, 3.63) is 86.6 Å². The number of ether oxygens (including phenoxy) is 1. The van der Waals surface area contributed by atoms with E-state index >= 15 is 0 Å². The molecule has 3 N–H and O–H groups in total. The molecule has 11 nitrogen and oxygen atoms in total. The monoisotopic (exact) mass is 597 g/mol. The number of amides is 1. The summed E-state index contributed by atoms with van der Waals surface area (Å²) < 4.78 is 36.2. The summed E-state index contributed by atoms with van der Waals surface area (Å²) >= 11 is 2.31. The Morgan fingerprint density at radius 1 is 1.07 bits per heavy atom. The van der Waals surface area contributed by atoms with E-state index in [1.54, 1.807) is 47.2 Å². The van der Waals surface area contributed by atoms with Crippen LogP contribution in [-0.4, -0.2) is 42.8 Å². The van der Waals surface area contributed by atoms with Gasteiger partial charge in [-0.2, -0.15) is 18.2 Å². The van der Waals surface area contributed by atoms with Crippen LogP contribution in [0.5, 0.6) is 5.75 Å². The normalized spacial score (nSPS) is 11.6. The summed E-state index contributed by atoms with van der Waals surface area (Å²) in [6.07, 6.45) is 0.212. The Hall–Kier alpha value is -4.11. The third-order valence-electron chi connectivity index (χ3n) is 5.89. The second kappa shape index (κ2) is 11.2. The van der Waals surface area contributed by atoms with E-state index in [4.69, 9.17) is 14.7 Å². The third kappa shape index (κ3) is 5.60. The molecule has 5 aromatic rings. The van der Waals surface area contributed by atoms with Crippen LogP contribution < -0.4 is 21.3 Å². The SMILES string of the molecule is COc1ccc(-n2nc(C(=O)Nc3nc(CCOS(=O)(=O)c4ccc(C)cc4)cs3)c3csc(N)c3c2=O)cc1. The van der Waals surface area contributed by atoms with Gasteiger partial charge >= 0.3 is 0 Å². The van der Waals surface area contributed by atoms with Gasteiger partial charge in [0, 0.05) is 22.6 Å². The minimum atomic E-state index is -3.90. The van der Waals surface area contributed by atoms with Gasteiger partial charge in [-0.25, -0.2) is 4.98 Å². The van der Waals surface area contributed by atoms with Crippen LogP contribution in [0, 0.1) is 6.92 Å². The molecule has 2 aromatic carbocycles. The van der Waals surface area contributed by atoms with Crippen molar-refractivity contribution in [2.75, 3.05) is 24.8 Å². The van der Waals surface area contributed by atoms with Crippen LogP contribution in [0.15, 0.2) is 69.0 Å². The minimum absolute atomic E-state index is 0.00245. The molecule has 0 saturated carbocycles. The first-order chi connectivity index (χ1) is 19.2. The summed E-state index contributed by atoms with van der Waals surface area (Å²) in [5.74, 6) is 0.0211. The van der Waals surface area contributed by atoms with Crippen molar-refractivity contribution in [2.45, 2.75) is 18.2 Å². The number of benzene rings is 2. The van der Waals surface area contributed by atoms with E-state index in [-0.39, 0.29) is 39.1 Å². The number of methoxy groups -OCH3 is 1. The van der Waals surface area contributed by atoms with Crippen molar-refractivity contribution < 1.29 is 22.1 Å². The Morgan fingerprint density at radius 3 is 2.50 bits per heavy atom. The summed E-state index contributed by atoms with van der Waals surface area (Å²) in [4.78, 5) is 30.9. The molecule has 0 bridgehead atoms. The molecule has 5 rings (SSSR count). The lowest BCUT2D eigenvalue weighted by molar-refractivity contribution is 0.102. The summed E-state index contributed by atoms with van der Waals surface area (Å²) in [6.45, 7) is 1.75. The van der Waals surface area contributed by atoms with Crippen molar-refractivity contribution in [1.82, 2.24) is 14.8 Å². The number of nitrogen functional groups attached to an aromatic ring is 1. The van der Waals surface area contributed by atoms with E-state index in [9.17, 15) is 18.0 Å². The molecular weight excluding hydrogens is 575 g/mol. The Morgan fingerprint density at radius 2 is 1.80 bits per heavy atom. The lowest BCUT2D eigenvalue weighted by atomic mass is 10.2. The fourth-order valence-corrected chi connectivity index (χ4v) is 6.24. The van der Waals surface area contributed by atoms with E-state index in [1.165, 1.54) is 30.6 Å². The van der Waals surface area contributed by atoms with Crippen molar-refractivity contribution in [3.8, 4) is 11.4 Å². The van der Waals surface area contributed by atoms with Gasteiger partial charge in [-0.1, -0.05) is 17.7 Å². The van der Waals surface area contributed by atoms with Gasteiger partial charge in [0.15, 0.2) is 10.8 Å². The molecule has 0 radical (unpaired) electrons. The summed E-state index contributed by atoms with van der Waals surface area (Å²) in [6, 6.07) is 13.0. The summed E-state index contributed by atoms with van der Waals surface area (Å²) in [7, 11) is -2.36. The van der Waals surface area contributed by atoms with Gasteiger partial charge in [0.05, 0.1) is 40.4 Å². The van der Waals surface area contributed by atoms with Crippen LogP contribution in [0.2, 0.25) is 0 Å². The Balaban J connectivity index is 1.33. The fraction of sp³-hybridized carbons (Fsp3) is 0.154. The molecule has 206 valence electrons. The van der Waals surface area contributed by atoms with Gasteiger partial charge < -0.3 is 10.5 Å². The van der Waals surface area contributed by atoms with Gasteiger partial charge in [0.25, 0.3) is 21.6 Å². The van der Waals surface area contributed by atoms with Crippen molar-refractivity contribution in [3.63, 3.8) is 0 Å². The van der Waals surface area contributed by atoms with Crippen LogP contribution in [-0.2, 0) is 20.7 Å². The Bertz CT molecular complexity index is 1860. The number of carbonyl (C=O) groups excluding carboxylic acids is 1. The number of fused-ring (bicyclic) bond motifs is 1. The zero-order chi connectivity index (χ0) is 28.4. The maximum atomic E-state index is 13.3. The number of aryl methyl sites for hydroxylation is 1. The number of hydrogen-bond acceptors (Lipinski definition) is 11. The van der Waals surface area contributed by atoms with Crippen LogP contribution >= 0.6 is 22.7 Å². The largest absolute Gasteiger partial charge is 0.497 e. The molecule has 3 aromatic heterocycles. The highest BCUT2D eigenvalue weighted by atomic mass is 32.2. The number of nitrogens with one attached hydrogen (secondary N) is 1. The molecule has 0 saturated heterocycles. The first kappa shape index (κ1) is 27.5.